The molecular weight excluding hydrogens is 364 g/mol. The van der Waals surface area contributed by atoms with E-state index in [0.717, 1.165) is 0 Å². The molecule has 0 saturated heterocycles. The number of carbonyl (C=O) groups excluding carboxylic acids is 2. The van der Waals surface area contributed by atoms with Crippen LogP contribution in [0.25, 0.3) is 0 Å². The van der Waals surface area contributed by atoms with Crippen molar-refractivity contribution in [2.24, 2.45) is 0 Å². The van der Waals surface area contributed by atoms with Crippen molar-refractivity contribution in [1.29, 1.82) is 0 Å². The van der Waals surface area contributed by atoms with Crippen molar-refractivity contribution < 1.29 is 23.8 Å². The lowest BCUT2D eigenvalue weighted by atomic mass is 10.1. The molecule has 0 heterocycles. The number of hydrogen-bond acceptors (Lipinski definition) is 5. The topological polar surface area (TPSA) is 61.8 Å². The van der Waals surface area contributed by atoms with Crippen LogP contribution >= 0.6 is 15.9 Å². The molecule has 0 radical (unpaired) electrons. The molecule has 0 bridgehead atoms. The van der Waals surface area contributed by atoms with Gasteiger partial charge in [0.05, 0.1) is 24.3 Å². The maximum Gasteiger partial charge on any atom is 0.338 e. The van der Waals surface area contributed by atoms with E-state index < -0.39 is 5.97 Å². The summed E-state index contributed by atoms with van der Waals surface area (Å²) in [6.07, 6.45) is 0. The van der Waals surface area contributed by atoms with Crippen molar-refractivity contribution in [1.82, 2.24) is 0 Å². The van der Waals surface area contributed by atoms with Crippen LogP contribution in [0, 0.1) is 0 Å². The first-order valence-electron chi connectivity index (χ1n) is 6.73. The normalized spacial score (nSPS) is 10.0. The zero-order valence-electron chi connectivity index (χ0n) is 12.7. The first-order valence-corrected chi connectivity index (χ1v) is 7.52. The number of hydrogen-bond donors (Lipinski definition) is 0. The van der Waals surface area contributed by atoms with Gasteiger partial charge in [0.1, 0.15) is 11.5 Å². The molecule has 6 heteroatoms. The zero-order valence-corrected chi connectivity index (χ0v) is 14.3. The number of ether oxygens (including phenoxy) is 3. The van der Waals surface area contributed by atoms with Crippen LogP contribution in [0.2, 0.25) is 0 Å². The minimum atomic E-state index is -0.574. The molecule has 0 aliphatic heterocycles. The summed E-state index contributed by atoms with van der Waals surface area (Å²) in [6, 6.07) is 11.4. The van der Waals surface area contributed by atoms with Crippen LogP contribution in [-0.2, 0) is 4.74 Å². The number of Topliss-reactive ketones (excluding diaryl/α,β-unsaturated/α-hetero) is 1. The van der Waals surface area contributed by atoms with Crippen LogP contribution < -0.4 is 9.47 Å². The summed E-state index contributed by atoms with van der Waals surface area (Å²) in [6.45, 7) is -0.325. The van der Waals surface area contributed by atoms with Gasteiger partial charge in [-0.1, -0.05) is 0 Å². The van der Waals surface area contributed by atoms with E-state index >= 15 is 0 Å². The van der Waals surface area contributed by atoms with Gasteiger partial charge >= 0.3 is 5.97 Å². The van der Waals surface area contributed by atoms with Crippen LogP contribution in [-0.4, -0.2) is 32.6 Å². The number of ketones is 1. The molecular formula is C17H15BrO5. The predicted molar refractivity (Wildman–Crippen MR) is 88.3 cm³/mol. The molecule has 0 aliphatic carbocycles. The van der Waals surface area contributed by atoms with Gasteiger partial charge in [0, 0.05) is 5.56 Å². The third-order valence-electron chi connectivity index (χ3n) is 3.13. The van der Waals surface area contributed by atoms with Crippen molar-refractivity contribution in [3.8, 4) is 11.5 Å². The van der Waals surface area contributed by atoms with E-state index in [4.69, 9.17) is 14.2 Å². The number of halogens is 1. The van der Waals surface area contributed by atoms with Crippen LogP contribution in [0.4, 0.5) is 0 Å². The largest absolute Gasteiger partial charge is 0.497 e. The van der Waals surface area contributed by atoms with Crippen molar-refractivity contribution in [3.05, 3.63) is 58.1 Å². The molecule has 0 spiro atoms. The molecule has 120 valence electrons. The summed E-state index contributed by atoms with van der Waals surface area (Å²) in [5, 5.41) is 0. The Balaban J connectivity index is 1.97. The van der Waals surface area contributed by atoms with Gasteiger partial charge < -0.3 is 14.2 Å². The molecule has 0 aromatic heterocycles. The Kier molecular flexibility index (Phi) is 5.76. The minimum absolute atomic E-state index is 0.284. The number of benzene rings is 2. The average Bonchev–Trinajstić information content (AvgIpc) is 2.59. The molecule has 2 rings (SSSR count). The summed E-state index contributed by atoms with van der Waals surface area (Å²) >= 11 is 3.29. The van der Waals surface area contributed by atoms with Crippen LogP contribution in [0.3, 0.4) is 0 Å². The molecule has 0 fully saturated rings. The highest BCUT2D eigenvalue weighted by Crippen LogP contribution is 2.25. The van der Waals surface area contributed by atoms with Crippen molar-refractivity contribution in [2.75, 3.05) is 20.8 Å². The van der Waals surface area contributed by atoms with Crippen LogP contribution in [0.5, 0.6) is 11.5 Å². The van der Waals surface area contributed by atoms with Gasteiger partial charge in [-0.05, 0) is 58.4 Å². The van der Waals surface area contributed by atoms with Gasteiger partial charge in [0.2, 0.25) is 0 Å². The van der Waals surface area contributed by atoms with Gasteiger partial charge in [-0.15, -0.1) is 0 Å². The molecule has 0 amide bonds. The Morgan fingerprint density at radius 1 is 0.957 bits per heavy atom. The maximum atomic E-state index is 12.0. The molecule has 0 aliphatic rings. The molecule has 0 saturated carbocycles. The Morgan fingerprint density at radius 3 is 2.17 bits per heavy atom. The summed E-state index contributed by atoms with van der Waals surface area (Å²) in [7, 11) is 3.08. The van der Waals surface area contributed by atoms with Crippen molar-refractivity contribution >= 4 is 27.7 Å². The smallest absolute Gasteiger partial charge is 0.338 e. The lowest BCUT2D eigenvalue weighted by molar-refractivity contribution is 0.0474. The van der Waals surface area contributed by atoms with Gasteiger partial charge in [0.15, 0.2) is 12.4 Å². The van der Waals surface area contributed by atoms with E-state index in [1.54, 1.807) is 49.6 Å². The fourth-order valence-electron chi connectivity index (χ4n) is 1.87. The molecule has 0 atom stereocenters. The first kappa shape index (κ1) is 17.0. The highest BCUT2D eigenvalue weighted by atomic mass is 79.9. The third-order valence-corrected chi connectivity index (χ3v) is 3.75. The Labute approximate surface area is 142 Å². The lowest BCUT2D eigenvalue weighted by Crippen LogP contribution is -2.14. The van der Waals surface area contributed by atoms with Gasteiger partial charge in [-0.2, -0.15) is 0 Å². The van der Waals surface area contributed by atoms with E-state index in [1.165, 1.54) is 7.11 Å². The number of esters is 1. The third kappa shape index (κ3) is 4.32. The fourth-order valence-corrected chi connectivity index (χ4v) is 2.41. The Hall–Kier alpha value is -2.34. The fraction of sp³-hybridized carbons (Fsp3) is 0.176. The lowest BCUT2D eigenvalue weighted by Gasteiger charge is -2.07. The molecule has 2 aromatic rings. The number of rotatable bonds is 6. The molecule has 2 aromatic carbocycles. The van der Waals surface area contributed by atoms with Crippen LogP contribution in [0.1, 0.15) is 20.7 Å². The standard InChI is InChI=1S/C17H15BrO5/c1-21-13-6-3-11(4-7-13)15(19)10-23-17(20)12-5-8-16(22-2)14(18)9-12/h3-9H,10H2,1-2H3. The van der Waals surface area contributed by atoms with E-state index in [0.29, 0.717) is 27.1 Å². The Morgan fingerprint density at radius 2 is 1.61 bits per heavy atom. The molecule has 0 N–H and O–H groups in total. The monoisotopic (exact) mass is 378 g/mol. The van der Waals surface area contributed by atoms with Crippen molar-refractivity contribution in [3.63, 3.8) is 0 Å². The summed E-state index contributed by atoms with van der Waals surface area (Å²) in [4.78, 5) is 24.0. The maximum absolute atomic E-state index is 12.0. The first-order chi connectivity index (χ1) is 11.0. The average molecular weight is 379 g/mol. The van der Waals surface area contributed by atoms with Gasteiger partial charge in [-0.3, -0.25) is 4.79 Å². The highest BCUT2D eigenvalue weighted by molar-refractivity contribution is 9.10. The molecule has 0 unspecified atom stereocenters. The highest BCUT2D eigenvalue weighted by Gasteiger charge is 2.13. The van der Waals surface area contributed by atoms with E-state index in [-0.39, 0.29) is 12.4 Å². The van der Waals surface area contributed by atoms with Crippen LogP contribution in [0.15, 0.2) is 46.9 Å². The second-order valence-electron chi connectivity index (χ2n) is 4.58. The number of methoxy groups -OCH3 is 2. The van der Waals surface area contributed by atoms with E-state index in [2.05, 4.69) is 15.9 Å². The zero-order chi connectivity index (χ0) is 16.8. The quantitative estimate of drug-likeness (QED) is 0.568. The minimum Gasteiger partial charge on any atom is -0.497 e. The van der Waals surface area contributed by atoms with Gasteiger partial charge in [0.25, 0.3) is 0 Å². The van der Waals surface area contributed by atoms with Crippen molar-refractivity contribution in [2.45, 2.75) is 0 Å². The molecule has 23 heavy (non-hydrogen) atoms. The second kappa shape index (κ2) is 7.78. The summed E-state index contributed by atoms with van der Waals surface area (Å²) < 4.78 is 15.8. The summed E-state index contributed by atoms with van der Waals surface area (Å²) in [5.74, 6) is 0.404. The summed E-state index contributed by atoms with van der Waals surface area (Å²) in [5.41, 5.74) is 0.787. The predicted octanol–water partition coefficient (Wildman–Crippen LogP) is 3.51. The SMILES string of the molecule is COc1ccc(C(=O)COC(=O)c2ccc(OC)c(Br)c2)cc1. The Bertz CT molecular complexity index is 709. The molecule has 5 nitrogen and oxygen atoms in total. The van der Waals surface area contributed by atoms with E-state index in [9.17, 15) is 9.59 Å². The van der Waals surface area contributed by atoms with Gasteiger partial charge in [-0.25, -0.2) is 4.79 Å². The van der Waals surface area contributed by atoms with E-state index in [1.807, 2.05) is 0 Å². The number of carbonyl (C=O) groups is 2. The second-order valence-corrected chi connectivity index (χ2v) is 5.43.